The minimum atomic E-state index is -1.15. The van der Waals surface area contributed by atoms with Crippen LogP contribution in [0.1, 0.15) is 20.3 Å². The van der Waals surface area contributed by atoms with Gasteiger partial charge in [0, 0.05) is 0 Å². The molecule has 0 aliphatic rings. The van der Waals surface area contributed by atoms with E-state index in [1.807, 2.05) is 6.26 Å². The van der Waals surface area contributed by atoms with Crippen LogP contribution < -0.4 is 0 Å². The Hall–Kier alpha value is 1.57. The van der Waals surface area contributed by atoms with Gasteiger partial charge in [0.25, 0.3) is 0 Å². The Labute approximate surface area is 97.5 Å². The van der Waals surface area contributed by atoms with Crippen molar-refractivity contribution in [1.82, 2.24) is 0 Å². The third-order valence-electron chi connectivity index (χ3n) is 1.68. The summed E-state index contributed by atoms with van der Waals surface area (Å²) in [7, 11) is 3.28. The number of halogens is 3. The second-order valence-electron chi connectivity index (χ2n) is 2.61. The molecule has 0 aromatic heterocycles. The summed E-state index contributed by atoms with van der Waals surface area (Å²) in [6, 6.07) is 0. The first kappa shape index (κ1) is 13.6. The van der Waals surface area contributed by atoms with Crippen LogP contribution >= 0.6 is 56.4 Å². The molecular weight excluding hydrogens is 255 g/mol. The lowest BCUT2D eigenvalue weighted by molar-refractivity contribution is 0.540. The Morgan fingerprint density at radius 2 is 1.83 bits per heavy atom. The van der Waals surface area contributed by atoms with Gasteiger partial charge in [-0.3, -0.25) is 0 Å². The maximum atomic E-state index is 5.85. The Balaban J connectivity index is 4.22. The van der Waals surface area contributed by atoms with E-state index in [0.29, 0.717) is 5.92 Å². The minimum Gasteiger partial charge on any atom is -0.0972 e. The molecule has 5 heteroatoms. The normalized spacial score (nSPS) is 17.5. The van der Waals surface area contributed by atoms with Crippen molar-refractivity contribution in [3.8, 4) is 0 Å². The van der Waals surface area contributed by atoms with Gasteiger partial charge in [-0.05, 0) is 12.2 Å². The van der Waals surface area contributed by atoms with Gasteiger partial charge < -0.3 is 0 Å². The van der Waals surface area contributed by atoms with Crippen molar-refractivity contribution < 1.29 is 0 Å². The summed E-state index contributed by atoms with van der Waals surface area (Å²) < 4.78 is -1.15. The lowest BCUT2D eigenvalue weighted by Gasteiger charge is -2.27. The Morgan fingerprint density at radius 3 is 2.08 bits per heavy atom. The quantitative estimate of drug-likeness (QED) is 0.531. The van der Waals surface area contributed by atoms with E-state index in [-0.39, 0.29) is 5.25 Å². The summed E-state index contributed by atoms with van der Waals surface area (Å²) in [4.78, 5) is 0. The minimum absolute atomic E-state index is 0.0718. The van der Waals surface area contributed by atoms with Crippen LogP contribution in [-0.4, -0.2) is 15.3 Å². The number of rotatable bonds is 4. The SMILES string of the molecule is CCC(C)C(SSC)C(Cl)(Cl)Cl. The Kier molecular flexibility index (Phi) is 6.93. The molecular formula is C7H13Cl3S2. The average Bonchev–Trinajstić information content (AvgIpc) is 1.96. The number of hydrogen-bond acceptors (Lipinski definition) is 2. The Bertz CT molecular complexity index is 124. The van der Waals surface area contributed by atoms with Crippen molar-refractivity contribution in [3.05, 3.63) is 0 Å². The molecule has 0 aliphatic heterocycles. The summed E-state index contributed by atoms with van der Waals surface area (Å²) in [5.74, 6) is 0.426. The van der Waals surface area contributed by atoms with Gasteiger partial charge in [0.15, 0.2) is 0 Å². The van der Waals surface area contributed by atoms with Crippen LogP contribution in [0.25, 0.3) is 0 Å². The second kappa shape index (κ2) is 6.13. The van der Waals surface area contributed by atoms with Crippen molar-refractivity contribution >= 4 is 56.4 Å². The third kappa shape index (κ3) is 4.71. The average molecular weight is 268 g/mol. The van der Waals surface area contributed by atoms with Crippen molar-refractivity contribution in [2.75, 3.05) is 6.26 Å². The molecule has 0 saturated heterocycles. The molecule has 0 fully saturated rings. The van der Waals surface area contributed by atoms with E-state index in [1.165, 1.54) is 0 Å². The van der Waals surface area contributed by atoms with Gasteiger partial charge in [0.1, 0.15) is 0 Å². The fraction of sp³-hybridized carbons (Fsp3) is 1.00. The van der Waals surface area contributed by atoms with Crippen molar-refractivity contribution in [2.45, 2.75) is 29.3 Å². The Morgan fingerprint density at radius 1 is 1.33 bits per heavy atom. The molecule has 0 bridgehead atoms. The van der Waals surface area contributed by atoms with E-state index < -0.39 is 3.79 Å². The third-order valence-corrected chi connectivity index (χ3v) is 5.19. The van der Waals surface area contributed by atoms with Gasteiger partial charge in [-0.2, -0.15) is 0 Å². The summed E-state index contributed by atoms with van der Waals surface area (Å²) in [5, 5.41) is 0.0718. The van der Waals surface area contributed by atoms with Gasteiger partial charge in [0.05, 0.1) is 5.25 Å². The molecule has 0 aliphatic carbocycles. The molecule has 0 N–H and O–H groups in total. The molecule has 2 atom stereocenters. The molecule has 74 valence electrons. The van der Waals surface area contributed by atoms with E-state index in [0.717, 1.165) is 6.42 Å². The van der Waals surface area contributed by atoms with E-state index >= 15 is 0 Å². The van der Waals surface area contributed by atoms with E-state index in [1.54, 1.807) is 21.6 Å². The zero-order valence-electron chi connectivity index (χ0n) is 7.31. The van der Waals surface area contributed by atoms with Gasteiger partial charge in [-0.1, -0.05) is 76.7 Å². The predicted molar refractivity (Wildman–Crippen MR) is 64.6 cm³/mol. The van der Waals surface area contributed by atoms with Gasteiger partial charge in [-0.25, -0.2) is 0 Å². The molecule has 0 amide bonds. The van der Waals surface area contributed by atoms with Crippen LogP contribution in [0, 0.1) is 5.92 Å². The standard InChI is InChI=1S/C7H13Cl3S2/c1-4-5(2)6(12-11-3)7(8,9)10/h5-6H,4H2,1-3H3. The molecule has 0 spiro atoms. The highest BCUT2D eigenvalue weighted by Crippen LogP contribution is 2.45. The van der Waals surface area contributed by atoms with E-state index in [2.05, 4.69) is 13.8 Å². The molecule has 0 aromatic rings. The summed E-state index contributed by atoms with van der Waals surface area (Å²) in [6.45, 7) is 4.21. The molecule has 0 heterocycles. The van der Waals surface area contributed by atoms with Crippen LogP contribution in [0.5, 0.6) is 0 Å². The first-order valence-corrected chi connectivity index (χ1v) is 7.45. The lowest BCUT2D eigenvalue weighted by Crippen LogP contribution is -2.28. The number of alkyl halides is 3. The van der Waals surface area contributed by atoms with Crippen LogP contribution in [-0.2, 0) is 0 Å². The molecule has 2 unspecified atom stereocenters. The second-order valence-corrected chi connectivity index (χ2v) is 7.59. The van der Waals surface area contributed by atoms with Crippen molar-refractivity contribution in [1.29, 1.82) is 0 Å². The first-order chi connectivity index (χ1) is 5.43. The maximum Gasteiger partial charge on any atom is 0.203 e. The van der Waals surface area contributed by atoms with Crippen molar-refractivity contribution in [3.63, 3.8) is 0 Å². The zero-order valence-corrected chi connectivity index (χ0v) is 11.2. The van der Waals surface area contributed by atoms with Crippen molar-refractivity contribution in [2.24, 2.45) is 5.92 Å². The highest BCUT2D eigenvalue weighted by atomic mass is 35.6. The van der Waals surface area contributed by atoms with Gasteiger partial charge in [-0.15, -0.1) is 0 Å². The van der Waals surface area contributed by atoms with Gasteiger partial charge >= 0.3 is 0 Å². The maximum absolute atomic E-state index is 5.85. The number of hydrogen-bond donors (Lipinski definition) is 0. The van der Waals surface area contributed by atoms with Gasteiger partial charge in [0.2, 0.25) is 3.79 Å². The monoisotopic (exact) mass is 266 g/mol. The highest BCUT2D eigenvalue weighted by molar-refractivity contribution is 8.76. The van der Waals surface area contributed by atoms with Crippen LogP contribution in [0.4, 0.5) is 0 Å². The van der Waals surface area contributed by atoms with E-state index in [4.69, 9.17) is 34.8 Å². The topological polar surface area (TPSA) is 0 Å². The predicted octanol–water partition coefficient (Wildman–Crippen LogP) is 4.78. The first-order valence-electron chi connectivity index (χ1n) is 3.69. The zero-order chi connectivity index (χ0) is 9.78. The molecule has 0 rings (SSSR count). The van der Waals surface area contributed by atoms with Crippen LogP contribution in [0.2, 0.25) is 0 Å². The smallest absolute Gasteiger partial charge is 0.0972 e. The molecule has 0 nitrogen and oxygen atoms in total. The van der Waals surface area contributed by atoms with E-state index in [9.17, 15) is 0 Å². The highest BCUT2D eigenvalue weighted by Gasteiger charge is 2.36. The van der Waals surface area contributed by atoms with Crippen LogP contribution in [0.3, 0.4) is 0 Å². The van der Waals surface area contributed by atoms with Crippen LogP contribution in [0.15, 0.2) is 0 Å². The molecule has 0 saturated carbocycles. The fourth-order valence-electron chi connectivity index (χ4n) is 0.790. The summed E-state index contributed by atoms with van der Waals surface area (Å²) in [5.41, 5.74) is 0. The molecule has 0 radical (unpaired) electrons. The summed E-state index contributed by atoms with van der Waals surface area (Å²) in [6.07, 6.45) is 3.03. The summed E-state index contributed by atoms with van der Waals surface area (Å²) >= 11 is 17.5. The largest absolute Gasteiger partial charge is 0.203 e. The molecule has 0 aromatic carbocycles. The lowest BCUT2D eigenvalue weighted by atomic mass is 10.1. The fourth-order valence-corrected chi connectivity index (χ4v) is 4.63. The molecule has 12 heavy (non-hydrogen) atoms.